The quantitative estimate of drug-likeness (QED) is 0.797. The van der Waals surface area contributed by atoms with Crippen LogP contribution in [0, 0.1) is 5.92 Å². The van der Waals surface area contributed by atoms with Gasteiger partial charge in [-0.05, 0) is 25.2 Å². The SMILES string of the molecule is CC[C@@H](C(=O)N1CCc2c(c(C(=O)O)nn2CC2CC2)C1)N1CCOCC1. The van der Waals surface area contributed by atoms with E-state index in [9.17, 15) is 14.7 Å². The highest BCUT2D eigenvalue weighted by Gasteiger charge is 2.35. The Kier molecular flexibility index (Phi) is 5.19. The second-order valence-electron chi connectivity index (χ2n) is 7.79. The number of nitrogens with zero attached hydrogens (tertiary/aromatic N) is 4. The second-order valence-corrected chi connectivity index (χ2v) is 7.79. The number of fused-ring (bicyclic) bond motifs is 1. The van der Waals surface area contributed by atoms with Crippen LogP contribution in [0.1, 0.15) is 47.9 Å². The molecule has 1 atom stereocenters. The zero-order valence-electron chi connectivity index (χ0n) is 15.9. The molecule has 27 heavy (non-hydrogen) atoms. The molecule has 1 aromatic heterocycles. The average molecular weight is 376 g/mol. The first-order valence-electron chi connectivity index (χ1n) is 10.0. The summed E-state index contributed by atoms with van der Waals surface area (Å²) in [5.41, 5.74) is 1.84. The molecule has 3 aliphatic rings. The van der Waals surface area contributed by atoms with Crippen LogP contribution < -0.4 is 0 Å². The Morgan fingerprint density at radius 3 is 2.63 bits per heavy atom. The van der Waals surface area contributed by atoms with Gasteiger partial charge in [0, 0.05) is 50.4 Å². The largest absolute Gasteiger partial charge is 0.476 e. The summed E-state index contributed by atoms with van der Waals surface area (Å²) in [5, 5.41) is 14.0. The fourth-order valence-electron chi connectivity index (χ4n) is 4.24. The van der Waals surface area contributed by atoms with Gasteiger partial charge in [-0.25, -0.2) is 4.79 Å². The molecule has 1 aromatic rings. The first-order chi connectivity index (χ1) is 13.1. The molecule has 8 heteroatoms. The van der Waals surface area contributed by atoms with E-state index < -0.39 is 5.97 Å². The van der Waals surface area contributed by atoms with E-state index >= 15 is 0 Å². The number of hydrogen-bond donors (Lipinski definition) is 1. The molecule has 4 rings (SSSR count). The lowest BCUT2D eigenvalue weighted by atomic mass is 10.0. The van der Waals surface area contributed by atoms with Crippen LogP contribution in [-0.2, 0) is 29.0 Å². The van der Waals surface area contributed by atoms with E-state index in [1.54, 1.807) is 0 Å². The molecule has 3 heterocycles. The van der Waals surface area contributed by atoms with Crippen LogP contribution in [0.2, 0.25) is 0 Å². The Balaban J connectivity index is 1.53. The molecule has 0 bridgehead atoms. The van der Waals surface area contributed by atoms with Gasteiger partial charge in [-0.3, -0.25) is 14.4 Å². The van der Waals surface area contributed by atoms with Gasteiger partial charge in [-0.15, -0.1) is 0 Å². The number of carbonyl (C=O) groups excluding carboxylic acids is 1. The topological polar surface area (TPSA) is 87.9 Å². The summed E-state index contributed by atoms with van der Waals surface area (Å²) in [4.78, 5) is 28.9. The van der Waals surface area contributed by atoms with Crippen molar-refractivity contribution in [2.75, 3.05) is 32.8 Å². The summed E-state index contributed by atoms with van der Waals surface area (Å²) in [7, 11) is 0. The molecule has 0 aromatic carbocycles. The third-order valence-corrected chi connectivity index (χ3v) is 5.93. The molecule has 8 nitrogen and oxygen atoms in total. The van der Waals surface area contributed by atoms with Gasteiger partial charge >= 0.3 is 5.97 Å². The number of carboxylic acids is 1. The molecule has 1 N–H and O–H groups in total. The average Bonchev–Trinajstić information content (AvgIpc) is 3.42. The summed E-state index contributed by atoms with van der Waals surface area (Å²) in [5.74, 6) is -0.284. The number of amides is 1. The monoisotopic (exact) mass is 376 g/mol. The second kappa shape index (κ2) is 7.59. The maximum atomic E-state index is 13.2. The van der Waals surface area contributed by atoms with Crippen molar-refractivity contribution in [1.82, 2.24) is 19.6 Å². The van der Waals surface area contributed by atoms with Gasteiger partial charge in [-0.1, -0.05) is 6.92 Å². The highest BCUT2D eigenvalue weighted by atomic mass is 16.5. The summed E-state index contributed by atoms with van der Waals surface area (Å²) in [6.45, 7) is 6.66. The van der Waals surface area contributed by atoms with Crippen LogP contribution >= 0.6 is 0 Å². The molecule has 1 saturated carbocycles. The molecule has 0 spiro atoms. The van der Waals surface area contributed by atoms with Crippen LogP contribution in [0.15, 0.2) is 0 Å². The first-order valence-corrected chi connectivity index (χ1v) is 10.0. The fourth-order valence-corrected chi connectivity index (χ4v) is 4.24. The molecule has 1 aliphatic carbocycles. The van der Waals surface area contributed by atoms with Gasteiger partial charge in [0.25, 0.3) is 0 Å². The lowest BCUT2D eigenvalue weighted by Gasteiger charge is -2.37. The minimum atomic E-state index is -1.00. The number of carboxylic acid groups (broad SMARTS) is 1. The van der Waals surface area contributed by atoms with Crippen LogP contribution in [0.4, 0.5) is 0 Å². The smallest absolute Gasteiger partial charge is 0.356 e. The summed E-state index contributed by atoms with van der Waals surface area (Å²) >= 11 is 0. The van der Waals surface area contributed by atoms with E-state index in [2.05, 4.69) is 10.00 Å². The van der Waals surface area contributed by atoms with Crippen molar-refractivity contribution >= 4 is 11.9 Å². The minimum absolute atomic E-state index is 0.0938. The maximum Gasteiger partial charge on any atom is 0.356 e. The van der Waals surface area contributed by atoms with Crippen molar-refractivity contribution in [1.29, 1.82) is 0 Å². The van der Waals surface area contributed by atoms with E-state index in [1.807, 2.05) is 16.5 Å². The van der Waals surface area contributed by atoms with Crippen molar-refractivity contribution in [2.45, 2.75) is 51.7 Å². The van der Waals surface area contributed by atoms with E-state index in [0.29, 0.717) is 38.6 Å². The Morgan fingerprint density at radius 2 is 2.00 bits per heavy atom. The molecular formula is C19H28N4O4. The van der Waals surface area contributed by atoms with Crippen molar-refractivity contribution in [3.05, 3.63) is 17.0 Å². The summed E-state index contributed by atoms with van der Waals surface area (Å²) < 4.78 is 7.29. The summed E-state index contributed by atoms with van der Waals surface area (Å²) in [6.07, 6.45) is 3.81. The Bertz CT molecular complexity index is 722. The van der Waals surface area contributed by atoms with Crippen molar-refractivity contribution in [3.63, 3.8) is 0 Å². The molecule has 0 radical (unpaired) electrons. The molecule has 148 valence electrons. The Morgan fingerprint density at radius 1 is 1.26 bits per heavy atom. The lowest BCUT2D eigenvalue weighted by molar-refractivity contribution is -0.140. The molecular weight excluding hydrogens is 348 g/mol. The van der Waals surface area contributed by atoms with Crippen LogP contribution in [0.25, 0.3) is 0 Å². The zero-order chi connectivity index (χ0) is 19.0. The van der Waals surface area contributed by atoms with Gasteiger partial charge in [0.1, 0.15) is 0 Å². The molecule has 2 aliphatic heterocycles. The Labute approximate surface area is 159 Å². The fraction of sp³-hybridized carbons (Fsp3) is 0.737. The predicted molar refractivity (Wildman–Crippen MR) is 97.5 cm³/mol. The number of aromatic carboxylic acids is 1. The number of hydrogen-bond acceptors (Lipinski definition) is 5. The number of carbonyl (C=O) groups is 2. The number of morpholine rings is 1. The minimum Gasteiger partial charge on any atom is -0.476 e. The molecule has 2 fully saturated rings. The lowest BCUT2D eigenvalue weighted by Crippen LogP contribution is -2.52. The van der Waals surface area contributed by atoms with Crippen LogP contribution in [0.3, 0.4) is 0 Å². The van der Waals surface area contributed by atoms with Gasteiger partial charge in [0.05, 0.1) is 19.3 Å². The number of ether oxygens (including phenoxy) is 1. The normalized spacial score (nSPS) is 21.7. The highest BCUT2D eigenvalue weighted by Crippen LogP contribution is 2.33. The van der Waals surface area contributed by atoms with E-state index in [-0.39, 0.29) is 17.6 Å². The number of rotatable bonds is 6. The van der Waals surface area contributed by atoms with Crippen LogP contribution in [0.5, 0.6) is 0 Å². The third-order valence-electron chi connectivity index (χ3n) is 5.93. The van der Waals surface area contributed by atoms with Crippen molar-refractivity contribution in [2.24, 2.45) is 5.92 Å². The zero-order valence-corrected chi connectivity index (χ0v) is 15.9. The van der Waals surface area contributed by atoms with Gasteiger partial charge < -0.3 is 14.7 Å². The van der Waals surface area contributed by atoms with E-state index in [1.165, 1.54) is 12.8 Å². The molecule has 1 amide bonds. The van der Waals surface area contributed by atoms with Gasteiger partial charge in [-0.2, -0.15) is 5.10 Å². The third kappa shape index (κ3) is 3.73. The standard InChI is InChI=1S/C19H28N4O4/c1-2-15(21-7-9-27-10-8-21)18(24)22-6-5-16-14(12-22)17(19(25)26)20-23(16)11-13-3-4-13/h13,15H,2-12H2,1H3,(H,25,26)/t15-/m0/s1. The highest BCUT2D eigenvalue weighted by molar-refractivity contribution is 5.88. The number of aromatic nitrogens is 2. The van der Waals surface area contributed by atoms with Gasteiger partial charge in [0.2, 0.25) is 5.91 Å². The first kappa shape index (κ1) is 18.4. The van der Waals surface area contributed by atoms with Crippen molar-refractivity contribution in [3.8, 4) is 0 Å². The van der Waals surface area contributed by atoms with E-state index in [4.69, 9.17) is 4.74 Å². The molecule has 0 unspecified atom stereocenters. The maximum absolute atomic E-state index is 13.2. The van der Waals surface area contributed by atoms with Crippen molar-refractivity contribution < 1.29 is 19.4 Å². The van der Waals surface area contributed by atoms with Crippen LogP contribution in [-0.4, -0.2) is 75.5 Å². The predicted octanol–water partition coefficient (Wildman–Crippen LogP) is 0.987. The molecule has 1 saturated heterocycles. The summed E-state index contributed by atoms with van der Waals surface area (Å²) in [6, 6.07) is -0.162. The Hall–Kier alpha value is -1.93. The van der Waals surface area contributed by atoms with Gasteiger partial charge in [0.15, 0.2) is 5.69 Å². The van der Waals surface area contributed by atoms with E-state index in [0.717, 1.165) is 37.3 Å².